The third-order valence-corrected chi connectivity index (χ3v) is 6.51. The first-order valence-corrected chi connectivity index (χ1v) is 11.3. The highest BCUT2D eigenvalue weighted by Crippen LogP contribution is 2.37. The SMILES string of the molecule is COc1ccccc1[C@@H](c1ccccc1)N1CN(CC2=C[C@@H]2C=S)C(=O)c2c(O)c(=O)ccn21. The first-order chi connectivity index (χ1) is 16.5. The number of rotatable bonds is 7. The first kappa shape index (κ1) is 21.9. The zero-order valence-electron chi connectivity index (χ0n) is 18.5. The number of benzene rings is 2. The molecule has 2 atom stereocenters. The zero-order valence-corrected chi connectivity index (χ0v) is 19.3. The number of hydrogen-bond donors (Lipinski definition) is 1. The Morgan fingerprint density at radius 2 is 1.85 bits per heavy atom. The molecule has 3 aromatic rings. The molecule has 1 amide bonds. The van der Waals surface area contributed by atoms with E-state index >= 15 is 0 Å². The van der Waals surface area contributed by atoms with E-state index in [4.69, 9.17) is 17.0 Å². The van der Waals surface area contributed by atoms with Crippen LogP contribution < -0.4 is 15.2 Å². The number of carbonyl (C=O) groups excluding carboxylic acids is 1. The topological polar surface area (TPSA) is 75.0 Å². The van der Waals surface area contributed by atoms with Gasteiger partial charge in [0.05, 0.1) is 7.11 Å². The summed E-state index contributed by atoms with van der Waals surface area (Å²) in [6.45, 7) is 0.594. The van der Waals surface area contributed by atoms with E-state index < -0.39 is 17.1 Å². The molecule has 8 heteroatoms. The van der Waals surface area contributed by atoms with Crippen molar-refractivity contribution in [1.82, 2.24) is 9.58 Å². The minimum absolute atomic E-state index is 0.0604. The number of fused-ring (bicyclic) bond motifs is 1. The van der Waals surface area contributed by atoms with Gasteiger partial charge in [0.15, 0.2) is 11.4 Å². The van der Waals surface area contributed by atoms with E-state index in [-0.39, 0.29) is 24.3 Å². The van der Waals surface area contributed by atoms with Crippen molar-refractivity contribution in [3.05, 3.63) is 106 Å². The standard InChI is InChI=1S/C26H23N3O4S/c1-33-22-10-6-5-9-20(22)23(17-7-3-2-4-8-17)29-16-27(14-18-13-19(18)15-34)26(32)24-25(31)21(30)11-12-28(24)29/h2-13,15,19,23,31H,14,16H2,1H3/t19-,23-/m1/s1. The smallest absolute Gasteiger partial charge is 0.278 e. The van der Waals surface area contributed by atoms with Gasteiger partial charge in [0.2, 0.25) is 5.43 Å². The van der Waals surface area contributed by atoms with Crippen molar-refractivity contribution in [2.45, 2.75) is 6.04 Å². The molecule has 0 bridgehead atoms. The highest BCUT2D eigenvalue weighted by molar-refractivity contribution is 7.79. The predicted molar refractivity (Wildman–Crippen MR) is 133 cm³/mol. The summed E-state index contributed by atoms with van der Waals surface area (Å²) in [4.78, 5) is 27.3. The van der Waals surface area contributed by atoms with Gasteiger partial charge in [-0.3, -0.25) is 19.3 Å². The molecule has 1 N–H and O–H groups in total. The Kier molecular flexibility index (Phi) is 5.67. The van der Waals surface area contributed by atoms with E-state index in [1.54, 1.807) is 22.1 Å². The van der Waals surface area contributed by atoms with Gasteiger partial charge >= 0.3 is 0 Å². The number of hydrogen-bond acceptors (Lipinski definition) is 6. The second kappa shape index (κ2) is 8.79. The van der Waals surface area contributed by atoms with Crippen LogP contribution >= 0.6 is 12.2 Å². The number of allylic oxidation sites excluding steroid dienone is 1. The third-order valence-electron chi connectivity index (χ3n) is 6.22. The Morgan fingerprint density at radius 1 is 1.12 bits per heavy atom. The molecule has 0 radical (unpaired) electrons. The number of methoxy groups -OCH3 is 1. The lowest BCUT2D eigenvalue weighted by molar-refractivity contribution is 0.0697. The van der Waals surface area contributed by atoms with E-state index in [0.29, 0.717) is 12.3 Å². The molecule has 0 unspecified atom stereocenters. The van der Waals surface area contributed by atoms with Gasteiger partial charge in [0.25, 0.3) is 5.91 Å². The Labute approximate surface area is 202 Å². The van der Waals surface area contributed by atoms with Crippen molar-refractivity contribution in [3.63, 3.8) is 0 Å². The molecule has 2 aliphatic rings. The van der Waals surface area contributed by atoms with E-state index in [2.05, 4.69) is 0 Å². The number of aromatic nitrogens is 1. The van der Waals surface area contributed by atoms with Crippen molar-refractivity contribution in [2.24, 2.45) is 5.92 Å². The van der Waals surface area contributed by atoms with Crippen LogP contribution in [-0.4, -0.2) is 46.3 Å². The van der Waals surface area contributed by atoms with Gasteiger partial charge in [0, 0.05) is 30.3 Å². The summed E-state index contributed by atoms with van der Waals surface area (Å²) in [6, 6.07) is 18.5. The monoisotopic (exact) mass is 473 g/mol. The molecular formula is C26H23N3O4S. The van der Waals surface area contributed by atoms with Crippen LogP contribution in [0.3, 0.4) is 0 Å². The lowest BCUT2D eigenvalue weighted by Gasteiger charge is -2.44. The van der Waals surface area contributed by atoms with Gasteiger partial charge in [-0.15, -0.1) is 0 Å². The second-order valence-corrected chi connectivity index (χ2v) is 8.54. The van der Waals surface area contributed by atoms with E-state index in [0.717, 1.165) is 16.7 Å². The summed E-state index contributed by atoms with van der Waals surface area (Å²) < 4.78 is 7.26. The maximum Gasteiger partial charge on any atom is 0.278 e. The van der Waals surface area contributed by atoms with E-state index in [1.807, 2.05) is 65.7 Å². The molecule has 0 spiro atoms. The van der Waals surface area contributed by atoms with Gasteiger partial charge < -0.3 is 14.7 Å². The largest absolute Gasteiger partial charge is 0.502 e. The summed E-state index contributed by atoms with van der Waals surface area (Å²) in [5.74, 6) is -0.180. The van der Waals surface area contributed by atoms with Crippen molar-refractivity contribution < 1.29 is 14.6 Å². The molecule has 34 heavy (non-hydrogen) atoms. The molecule has 2 aromatic carbocycles. The van der Waals surface area contributed by atoms with E-state index in [9.17, 15) is 14.7 Å². The Morgan fingerprint density at radius 3 is 2.56 bits per heavy atom. The van der Waals surface area contributed by atoms with Gasteiger partial charge in [0.1, 0.15) is 18.5 Å². The lowest BCUT2D eigenvalue weighted by atomic mass is 9.97. The number of carbonyl (C=O) groups is 1. The summed E-state index contributed by atoms with van der Waals surface area (Å²) in [5, 5.41) is 14.3. The quantitative estimate of drug-likeness (QED) is 0.420. The highest BCUT2D eigenvalue weighted by atomic mass is 32.1. The molecule has 172 valence electrons. The van der Waals surface area contributed by atoms with Gasteiger partial charge in [-0.1, -0.05) is 66.8 Å². The number of thiocarbonyl (C=S) groups is 1. The summed E-state index contributed by atoms with van der Waals surface area (Å²) in [6.07, 6.45) is 3.54. The average Bonchev–Trinajstić information content (AvgIpc) is 3.63. The van der Waals surface area contributed by atoms with Crippen LogP contribution in [0.2, 0.25) is 0 Å². The van der Waals surface area contributed by atoms with Crippen molar-refractivity contribution >= 4 is 23.5 Å². The van der Waals surface area contributed by atoms with Gasteiger partial charge in [-0.2, -0.15) is 0 Å². The first-order valence-electron chi connectivity index (χ1n) is 10.9. The highest BCUT2D eigenvalue weighted by Gasteiger charge is 2.38. The number of nitrogens with zero attached hydrogens (tertiary/aromatic N) is 3. The minimum atomic E-state index is -0.600. The fourth-order valence-corrected chi connectivity index (χ4v) is 4.70. The van der Waals surface area contributed by atoms with Crippen molar-refractivity contribution in [1.29, 1.82) is 0 Å². The number of aromatic hydroxyl groups is 1. The van der Waals surface area contributed by atoms with Crippen molar-refractivity contribution in [3.8, 4) is 11.5 Å². The summed E-state index contributed by atoms with van der Waals surface area (Å²) in [7, 11) is 1.62. The van der Waals surface area contributed by atoms with Gasteiger partial charge in [-0.25, -0.2) is 0 Å². The molecule has 0 fully saturated rings. The van der Waals surface area contributed by atoms with Crippen LogP contribution in [0.5, 0.6) is 11.5 Å². The molecule has 1 aliphatic heterocycles. The number of pyridine rings is 1. The summed E-state index contributed by atoms with van der Waals surface area (Å²) in [5.41, 5.74) is 2.24. The van der Waals surface area contributed by atoms with Crippen LogP contribution in [0.1, 0.15) is 27.7 Å². The van der Waals surface area contributed by atoms with Gasteiger partial charge in [-0.05, 0) is 22.6 Å². The van der Waals surface area contributed by atoms with Crippen LogP contribution in [0, 0.1) is 5.92 Å². The van der Waals surface area contributed by atoms with E-state index in [1.165, 1.54) is 12.3 Å². The van der Waals surface area contributed by atoms with Crippen LogP contribution in [0.15, 0.2) is 83.3 Å². The average molecular weight is 474 g/mol. The number of ether oxygens (including phenoxy) is 1. The Balaban J connectivity index is 1.68. The fourth-order valence-electron chi connectivity index (χ4n) is 4.44. The summed E-state index contributed by atoms with van der Waals surface area (Å²) >= 11 is 5.04. The molecule has 2 heterocycles. The number of amides is 1. The molecule has 0 saturated carbocycles. The zero-order chi connectivity index (χ0) is 23.8. The third kappa shape index (κ3) is 3.76. The molecule has 7 nitrogen and oxygen atoms in total. The molecule has 5 rings (SSSR count). The fraction of sp³-hybridized carbons (Fsp3) is 0.192. The Bertz CT molecular complexity index is 1350. The normalized spacial score (nSPS) is 17.6. The molecular weight excluding hydrogens is 450 g/mol. The predicted octanol–water partition coefficient (Wildman–Crippen LogP) is 3.26. The molecule has 0 saturated heterocycles. The maximum atomic E-state index is 13.4. The molecule has 1 aromatic heterocycles. The van der Waals surface area contributed by atoms with Crippen molar-refractivity contribution in [2.75, 3.05) is 25.3 Å². The lowest BCUT2D eigenvalue weighted by Crippen LogP contribution is -2.55. The Hall–Kier alpha value is -3.91. The number of para-hydroxylation sites is 1. The second-order valence-electron chi connectivity index (χ2n) is 8.26. The van der Waals surface area contributed by atoms with Crippen LogP contribution in [0.4, 0.5) is 0 Å². The maximum absolute atomic E-state index is 13.4. The van der Waals surface area contributed by atoms with Crippen LogP contribution in [-0.2, 0) is 0 Å². The van der Waals surface area contributed by atoms with Crippen LogP contribution in [0.25, 0.3) is 0 Å². The minimum Gasteiger partial charge on any atom is -0.502 e. The molecule has 1 aliphatic carbocycles.